The number of thiocarbonyl (C=S) groups is 1. The molecule has 5 nitrogen and oxygen atoms in total. The second kappa shape index (κ2) is 10.6. The van der Waals surface area contributed by atoms with Gasteiger partial charge in [0.25, 0.3) is 0 Å². The maximum atomic E-state index is 6.46. The first-order valence-electron chi connectivity index (χ1n) is 12.7. The van der Waals surface area contributed by atoms with E-state index in [-0.39, 0.29) is 12.1 Å². The van der Waals surface area contributed by atoms with Crippen LogP contribution in [0, 0.1) is 13.8 Å². The van der Waals surface area contributed by atoms with Crippen LogP contribution in [0.2, 0.25) is 5.02 Å². The summed E-state index contributed by atoms with van der Waals surface area (Å²) < 4.78 is 12.5. The fraction of sp³-hybridized carbons (Fsp3) is 0.125. The number of halogens is 1. The van der Waals surface area contributed by atoms with Gasteiger partial charge in [0, 0.05) is 22.5 Å². The van der Waals surface area contributed by atoms with E-state index in [0.29, 0.717) is 10.1 Å². The van der Waals surface area contributed by atoms with Crippen LogP contribution >= 0.6 is 23.8 Å². The summed E-state index contributed by atoms with van der Waals surface area (Å²) in [6.45, 7) is 4.04. The van der Waals surface area contributed by atoms with Crippen molar-refractivity contribution in [2.75, 3.05) is 4.90 Å². The predicted octanol–water partition coefficient (Wildman–Crippen LogP) is 8.58. The second-order valence-electron chi connectivity index (χ2n) is 9.57. The lowest BCUT2D eigenvalue weighted by Crippen LogP contribution is -2.29. The summed E-state index contributed by atoms with van der Waals surface area (Å²) in [5, 5.41) is 4.78. The average molecular weight is 552 g/mol. The molecule has 1 aliphatic heterocycles. The highest BCUT2D eigenvalue weighted by Crippen LogP contribution is 2.43. The van der Waals surface area contributed by atoms with Gasteiger partial charge in [-0.2, -0.15) is 0 Å². The lowest BCUT2D eigenvalue weighted by atomic mass is 10.0. The van der Waals surface area contributed by atoms with E-state index in [4.69, 9.17) is 33.0 Å². The van der Waals surface area contributed by atoms with Crippen LogP contribution in [0.1, 0.15) is 34.7 Å². The Hall–Kier alpha value is -4.13. The minimum absolute atomic E-state index is 0.206. The van der Waals surface area contributed by atoms with Gasteiger partial charge in [-0.15, -0.1) is 0 Å². The highest BCUT2D eigenvalue weighted by molar-refractivity contribution is 7.80. The van der Waals surface area contributed by atoms with Crippen molar-refractivity contribution in [1.82, 2.24) is 10.3 Å². The highest BCUT2D eigenvalue weighted by atomic mass is 35.5. The lowest BCUT2D eigenvalue weighted by molar-refractivity contribution is 0.439. The summed E-state index contributed by atoms with van der Waals surface area (Å²) in [4.78, 5) is 6.70. The van der Waals surface area contributed by atoms with Crippen LogP contribution in [0.25, 0.3) is 11.3 Å². The molecule has 194 valence electrons. The van der Waals surface area contributed by atoms with Crippen LogP contribution in [0.4, 0.5) is 5.69 Å². The normalized spacial score (nSPS) is 16.8. The van der Waals surface area contributed by atoms with Gasteiger partial charge in [-0.3, -0.25) is 4.98 Å². The van der Waals surface area contributed by atoms with E-state index < -0.39 is 0 Å². The fourth-order valence-electron chi connectivity index (χ4n) is 4.75. The topological polar surface area (TPSA) is 50.5 Å². The van der Waals surface area contributed by atoms with Gasteiger partial charge in [-0.05, 0) is 98.4 Å². The SMILES string of the molecule is Cc1ccc(Oc2ccc(N3C(=S)N[C@H](c4ccccn4)[C@@H]3c3ccc(-c4ccc(C)c(Cl)c4)o3)cc2)cc1. The Labute approximate surface area is 238 Å². The minimum atomic E-state index is -0.258. The van der Waals surface area contributed by atoms with Gasteiger partial charge in [0.15, 0.2) is 5.11 Å². The molecule has 1 fully saturated rings. The highest BCUT2D eigenvalue weighted by Gasteiger charge is 2.42. The molecule has 5 aromatic rings. The van der Waals surface area contributed by atoms with Crippen LogP contribution in [0.3, 0.4) is 0 Å². The molecule has 39 heavy (non-hydrogen) atoms. The first-order chi connectivity index (χ1) is 19.0. The first-order valence-corrected chi connectivity index (χ1v) is 13.5. The van der Waals surface area contributed by atoms with Crippen LogP contribution < -0.4 is 15.0 Å². The number of aryl methyl sites for hydroxylation is 2. The largest absolute Gasteiger partial charge is 0.459 e. The van der Waals surface area contributed by atoms with Crippen molar-refractivity contribution in [2.45, 2.75) is 25.9 Å². The maximum Gasteiger partial charge on any atom is 0.174 e. The molecule has 7 heteroatoms. The van der Waals surface area contributed by atoms with E-state index >= 15 is 0 Å². The Bertz CT molecular complexity index is 1620. The van der Waals surface area contributed by atoms with Crippen molar-refractivity contribution in [1.29, 1.82) is 0 Å². The molecule has 1 aliphatic rings. The molecule has 0 saturated carbocycles. The zero-order valence-electron chi connectivity index (χ0n) is 21.5. The van der Waals surface area contributed by atoms with Crippen molar-refractivity contribution in [3.05, 3.63) is 131 Å². The first kappa shape index (κ1) is 25.2. The molecule has 0 radical (unpaired) electrons. The van der Waals surface area contributed by atoms with E-state index in [9.17, 15) is 0 Å². The number of benzene rings is 3. The third-order valence-electron chi connectivity index (χ3n) is 6.84. The van der Waals surface area contributed by atoms with E-state index in [1.54, 1.807) is 6.20 Å². The fourth-order valence-corrected chi connectivity index (χ4v) is 5.28. The Kier molecular flexibility index (Phi) is 6.81. The standard InChI is InChI=1S/C32H26ClN3O2S/c1-20-6-12-24(13-7-20)37-25-14-10-23(11-15-25)36-31(30(35-32(36)39)27-5-3-4-18-34-27)29-17-16-28(38-29)22-9-8-21(2)26(33)19-22/h3-19,30-31H,1-2H3,(H,35,39)/t30-,31+/m1/s1. The third kappa shape index (κ3) is 5.13. The van der Waals surface area contributed by atoms with Gasteiger partial charge in [0.2, 0.25) is 0 Å². The monoisotopic (exact) mass is 551 g/mol. The number of furan rings is 1. The van der Waals surface area contributed by atoms with Gasteiger partial charge in [0.05, 0.1) is 11.7 Å². The number of aromatic nitrogens is 1. The zero-order valence-corrected chi connectivity index (χ0v) is 23.0. The minimum Gasteiger partial charge on any atom is -0.459 e. The summed E-state index contributed by atoms with van der Waals surface area (Å²) in [6.07, 6.45) is 1.79. The van der Waals surface area contributed by atoms with Crippen molar-refractivity contribution in [2.24, 2.45) is 0 Å². The number of nitrogens with zero attached hydrogens (tertiary/aromatic N) is 2. The van der Waals surface area contributed by atoms with Crippen molar-refractivity contribution in [3.8, 4) is 22.8 Å². The molecular formula is C32H26ClN3O2S. The van der Waals surface area contributed by atoms with Crippen LogP contribution in [0.15, 0.2) is 108 Å². The molecule has 0 bridgehead atoms. The van der Waals surface area contributed by atoms with E-state index in [1.165, 1.54) is 5.56 Å². The Balaban J connectivity index is 1.35. The molecular weight excluding hydrogens is 526 g/mol. The quantitative estimate of drug-likeness (QED) is 0.213. The number of anilines is 1. The van der Waals surface area contributed by atoms with Crippen LogP contribution in [-0.4, -0.2) is 10.1 Å². The third-order valence-corrected chi connectivity index (χ3v) is 7.57. The van der Waals surface area contributed by atoms with Gasteiger partial charge < -0.3 is 19.4 Å². The molecule has 3 aromatic carbocycles. The Morgan fingerprint density at radius 3 is 2.33 bits per heavy atom. The predicted molar refractivity (Wildman–Crippen MR) is 160 cm³/mol. The van der Waals surface area contributed by atoms with Crippen LogP contribution in [-0.2, 0) is 0 Å². The van der Waals surface area contributed by atoms with Gasteiger partial charge in [0.1, 0.15) is 29.1 Å². The molecule has 0 spiro atoms. The van der Waals surface area contributed by atoms with Crippen molar-refractivity contribution < 1.29 is 9.15 Å². The molecule has 6 rings (SSSR count). The van der Waals surface area contributed by atoms with E-state index in [2.05, 4.69) is 22.1 Å². The van der Waals surface area contributed by atoms with E-state index in [0.717, 1.165) is 45.5 Å². The molecule has 3 heterocycles. The summed E-state index contributed by atoms with van der Waals surface area (Å²) in [5.74, 6) is 3.05. The number of pyridine rings is 1. The number of hydrogen-bond acceptors (Lipinski definition) is 4. The summed E-state index contributed by atoms with van der Waals surface area (Å²) in [7, 11) is 0. The lowest BCUT2D eigenvalue weighted by Gasteiger charge is -2.26. The molecule has 1 N–H and O–H groups in total. The number of hydrogen-bond donors (Lipinski definition) is 1. The van der Waals surface area contributed by atoms with E-state index in [1.807, 2.05) is 104 Å². The Morgan fingerprint density at radius 1 is 0.897 bits per heavy atom. The number of nitrogens with one attached hydrogen (secondary N) is 1. The van der Waals surface area contributed by atoms with Crippen molar-refractivity contribution >= 4 is 34.6 Å². The average Bonchev–Trinajstić information content (AvgIpc) is 3.57. The summed E-state index contributed by atoms with van der Waals surface area (Å²) in [5.41, 5.74) is 4.93. The zero-order chi connectivity index (χ0) is 26.9. The molecule has 0 unspecified atom stereocenters. The Morgan fingerprint density at radius 2 is 1.64 bits per heavy atom. The molecule has 2 atom stereocenters. The van der Waals surface area contributed by atoms with Crippen LogP contribution in [0.5, 0.6) is 11.5 Å². The molecule has 0 amide bonds. The second-order valence-corrected chi connectivity index (χ2v) is 10.4. The maximum absolute atomic E-state index is 6.46. The van der Waals surface area contributed by atoms with Gasteiger partial charge in [-0.1, -0.05) is 47.5 Å². The number of rotatable bonds is 6. The summed E-state index contributed by atoms with van der Waals surface area (Å²) >= 11 is 12.3. The molecule has 2 aromatic heterocycles. The smallest absolute Gasteiger partial charge is 0.174 e. The van der Waals surface area contributed by atoms with Gasteiger partial charge in [-0.25, -0.2) is 0 Å². The molecule has 0 aliphatic carbocycles. The molecule has 1 saturated heterocycles. The van der Waals surface area contributed by atoms with Gasteiger partial charge >= 0.3 is 0 Å². The van der Waals surface area contributed by atoms with Crippen molar-refractivity contribution in [3.63, 3.8) is 0 Å². The summed E-state index contributed by atoms with van der Waals surface area (Å²) in [6, 6.07) is 31.2. The number of ether oxygens (including phenoxy) is 1.